The van der Waals surface area contributed by atoms with Crippen LogP contribution in [0.3, 0.4) is 0 Å². The van der Waals surface area contributed by atoms with Gasteiger partial charge in [0.1, 0.15) is 0 Å². The molecule has 8 heteroatoms. The van der Waals surface area contributed by atoms with Crippen molar-refractivity contribution in [3.05, 3.63) is 41.9 Å². The maximum atomic E-state index is 5.45. The van der Waals surface area contributed by atoms with Gasteiger partial charge in [0.2, 0.25) is 0 Å². The summed E-state index contributed by atoms with van der Waals surface area (Å²) in [5.74, 6) is 1.08. The number of para-hydroxylation sites is 1. The second kappa shape index (κ2) is 6.14. The predicted molar refractivity (Wildman–Crippen MR) is 87.6 cm³/mol. The van der Waals surface area contributed by atoms with E-state index in [0.29, 0.717) is 17.4 Å². The highest BCUT2D eigenvalue weighted by Crippen LogP contribution is 2.24. The summed E-state index contributed by atoms with van der Waals surface area (Å²) in [4.78, 5) is 6.77. The second-order valence-corrected chi connectivity index (χ2v) is 5.93. The van der Waals surface area contributed by atoms with Gasteiger partial charge in [0, 0.05) is 19.6 Å². The van der Waals surface area contributed by atoms with Crippen LogP contribution in [0.5, 0.6) is 0 Å². The predicted octanol–water partition coefficient (Wildman–Crippen LogP) is 1.20. The Hall–Kier alpha value is -2.58. The lowest BCUT2D eigenvalue weighted by atomic mass is 10.2. The third-order valence-electron chi connectivity index (χ3n) is 4.35. The quantitative estimate of drug-likeness (QED) is 0.774. The summed E-state index contributed by atoms with van der Waals surface area (Å²) in [5.41, 5.74) is 2.43. The molecule has 0 aliphatic carbocycles. The van der Waals surface area contributed by atoms with E-state index in [1.807, 2.05) is 37.3 Å². The highest BCUT2D eigenvalue weighted by Gasteiger charge is 2.27. The average Bonchev–Trinajstić information content (AvgIpc) is 3.23. The Morgan fingerprint density at radius 2 is 2.08 bits per heavy atom. The number of benzene rings is 1. The molecule has 1 aromatic carbocycles. The molecule has 0 bridgehead atoms. The van der Waals surface area contributed by atoms with Gasteiger partial charge in [-0.2, -0.15) is 4.98 Å². The third-order valence-corrected chi connectivity index (χ3v) is 4.35. The largest absolute Gasteiger partial charge is 0.332 e. The zero-order chi connectivity index (χ0) is 16.5. The molecule has 124 valence electrons. The van der Waals surface area contributed by atoms with Crippen LogP contribution in [0, 0.1) is 6.92 Å². The average molecular weight is 325 g/mol. The maximum Gasteiger partial charge on any atom is 0.280 e. The Kier molecular flexibility index (Phi) is 3.83. The van der Waals surface area contributed by atoms with Crippen LogP contribution in [0.4, 0.5) is 0 Å². The number of aromatic nitrogens is 5. The molecule has 3 heterocycles. The van der Waals surface area contributed by atoms with E-state index in [0.717, 1.165) is 31.0 Å². The molecular formula is C16H19N7O. The summed E-state index contributed by atoms with van der Waals surface area (Å²) in [6.07, 6.45) is 0. The molecule has 0 amide bonds. The summed E-state index contributed by atoms with van der Waals surface area (Å²) < 4.78 is 7.22. The zero-order valence-electron chi connectivity index (χ0n) is 13.7. The summed E-state index contributed by atoms with van der Waals surface area (Å²) in [6, 6.07) is 9.97. The van der Waals surface area contributed by atoms with Gasteiger partial charge in [0.25, 0.3) is 5.89 Å². The fourth-order valence-corrected chi connectivity index (χ4v) is 2.90. The van der Waals surface area contributed by atoms with E-state index < -0.39 is 0 Å². The molecule has 2 aromatic heterocycles. The van der Waals surface area contributed by atoms with Gasteiger partial charge in [-0.3, -0.25) is 4.90 Å². The molecular weight excluding hydrogens is 306 g/mol. The fourth-order valence-electron chi connectivity index (χ4n) is 2.90. The molecule has 1 saturated heterocycles. The van der Waals surface area contributed by atoms with Gasteiger partial charge in [0.15, 0.2) is 11.5 Å². The summed E-state index contributed by atoms with van der Waals surface area (Å²) in [5, 5.41) is 15.9. The number of likely N-dealkylation sites (N-methyl/N-ethyl adjacent to an activating group) is 1. The van der Waals surface area contributed by atoms with E-state index in [4.69, 9.17) is 4.52 Å². The Morgan fingerprint density at radius 3 is 2.88 bits per heavy atom. The lowest BCUT2D eigenvalue weighted by Gasteiger charge is -2.30. The Labute approximate surface area is 139 Å². The Morgan fingerprint density at radius 1 is 1.25 bits per heavy atom. The van der Waals surface area contributed by atoms with Crippen molar-refractivity contribution in [1.29, 1.82) is 0 Å². The minimum Gasteiger partial charge on any atom is -0.332 e. The molecule has 3 aromatic rings. The van der Waals surface area contributed by atoms with Gasteiger partial charge in [-0.25, -0.2) is 4.68 Å². The van der Waals surface area contributed by atoms with Crippen LogP contribution in [0.15, 0.2) is 34.9 Å². The molecule has 8 nitrogen and oxygen atoms in total. The van der Waals surface area contributed by atoms with Gasteiger partial charge >= 0.3 is 0 Å². The minimum atomic E-state index is 0.112. The topological polar surface area (TPSA) is 84.9 Å². The second-order valence-electron chi connectivity index (χ2n) is 5.93. The van der Waals surface area contributed by atoms with Gasteiger partial charge in [-0.05, 0) is 26.1 Å². The summed E-state index contributed by atoms with van der Waals surface area (Å²) in [6.45, 7) is 4.69. The van der Waals surface area contributed by atoms with Gasteiger partial charge in [-0.15, -0.1) is 5.10 Å². The summed E-state index contributed by atoms with van der Waals surface area (Å²) in [7, 11) is 2.07. The molecule has 4 rings (SSSR count). The first-order chi connectivity index (χ1) is 11.7. The van der Waals surface area contributed by atoms with Crippen LogP contribution >= 0.6 is 0 Å². The van der Waals surface area contributed by atoms with Crippen LogP contribution in [-0.2, 0) is 0 Å². The number of hydrogen-bond donors (Lipinski definition) is 1. The number of rotatable bonds is 3. The zero-order valence-corrected chi connectivity index (χ0v) is 13.7. The molecule has 1 N–H and O–H groups in total. The Bertz CT molecular complexity index is 826. The van der Waals surface area contributed by atoms with Crippen molar-refractivity contribution < 1.29 is 4.52 Å². The van der Waals surface area contributed by atoms with Crippen molar-refractivity contribution in [3.8, 4) is 17.3 Å². The van der Waals surface area contributed by atoms with E-state index >= 15 is 0 Å². The highest BCUT2D eigenvalue weighted by atomic mass is 16.5. The van der Waals surface area contributed by atoms with Crippen molar-refractivity contribution in [2.45, 2.75) is 13.0 Å². The van der Waals surface area contributed by atoms with Crippen molar-refractivity contribution in [2.75, 3.05) is 26.7 Å². The van der Waals surface area contributed by atoms with Crippen molar-refractivity contribution in [3.63, 3.8) is 0 Å². The van der Waals surface area contributed by atoms with Crippen LogP contribution in [0.25, 0.3) is 17.3 Å². The van der Waals surface area contributed by atoms with Gasteiger partial charge < -0.3 is 9.84 Å². The Balaban J connectivity index is 1.65. The monoisotopic (exact) mass is 325 g/mol. The molecule has 1 unspecified atom stereocenters. The van der Waals surface area contributed by atoms with Gasteiger partial charge in [0.05, 0.1) is 17.4 Å². The van der Waals surface area contributed by atoms with E-state index in [1.54, 1.807) is 4.68 Å². The van der Waals surface area contributed by atoms with E-state index in [2.05, 4.69) is 37.7 Å². The molecule has 0 saturated carbocycles. The standard InChI is InChI=1S/C16H19N7O/c1-11-14(19-21-23(11)12-6-4-3-5-7-12)16-18-15(20-24-16)13-10-17-8-9-22(13)2/h3-7,13,17H,8-10H2,1-2H3. The van der Waals surface area contributed by atoms with Crippen molar-refractivity contribution in [1.82, 2.24) is 35.4 Å². The summed E-state index contributed by atoms with van der Waals surface area (Å²) >= 11 is 0. The molecule has 1 aliphatic heterocycles. The molecule has 0 spiro atoms. The lowest BCUT2D eigenvalue weighted by Crippen LogP contribution is -2.44. The van der Waals surface area contributed by atoms with Crippen LogP contribution < -0.4 is 5.32 Å². The first kappa shape index (κ1) is 15.0. The van der Waals surface area contributed by atoms with Crippen molar-refractivity contribution in [2.24, 2.45) is 0 Å². The lowest BCUT2D eigenvalue weighted by molar-refractivity contribution is 0.190. The molecule has 0 radical (unpaired) electrons. The van der Waals surface area contributed by atoms with E-state index in [-0.39, 0.29) is 6.04 Å². The van der Waals surface area contributed by atoms with E-state index in [9.17, 15) is 0 Å². The van der Waals surface area contributed by atoms with Crippen LogP contribution in [0.2, 0.25) is 0 Å². The van der Waals surface area contributed by atoms with Gasteiger partial charge in [-0.1, -0.05) is 28.6 Å². The van der Waals surface area contributed by atoms with Crippen molar-refractivity contribution >= 4 is 0 Å². The normalized spacial score (nSPS) is 18.8. The fraction of sp³-hybridized carbons (Fsp3) is 0.375. The van der Waals surface area contributed by atoms with Crippen LogP contribution in [-0.4, -0.2) is 56.7 Å². The number of nitrogens with zero attached hydrogens (tertiary/aromatic N) is 6. The maximum absolute atomic E-state index is 5.45. The smallest absolute Gasteiger partial charge is 0.280 e. The molecule has 1 aliphatic rings. The number of nitrogens with one attached hydrogen (secondary N) is 1. The van der Waals surface area contributed by atoms with E-state index in [1.165, 1.54) is 0 Å². The number of piperazine rings is 1. The highest BCUT2D eigenvalue weighted by molar-refractivity contribution is 5.51. The number of hydrogen-bond acceptors (Lipinski definition) is 7. The SMILES string of the molecule is Cc1c(-c2nc(C3CNCCN3C)no2)nnn1-c1ccccc1. The first-order valence-electron chi connectivity index (χ1n) is 7.96. The van der Waals surface area contributed by atoms with Crippen LogP contribution in [0.1, 0.15) is 17.6 Å². The third kappa shape index (κ3) is 2.59. The molecule has 24 heavy (non-hydrogen) atoms. The first-order valence-corrected chi connectivity index (χ1v) is 7.96. The molecule has 1 fully saturated rings. The minimum absolute atomic E-state index is 0.112. The molecule has 1 atom stereocenters.